The van der Waals surface area contributed by atoms with Gasteiger partial charge in [0.05, 0.1) is 5.69 Å². The van der Waals surface area contributed by atoms with Crippen LogP contribution in [0.5, 0.6) is 0 Å². The maximum absolute atomic E-state index is 4.16. The Balaban J connectivity index is 1.93. The molecule has 1 saturated carbocycles. The van der Waals surface area contributed by atoms with Gasteiger partial charge in [-0.1, -0.05) is 19.3 Å². The highest BCUT2D eigenvalue weighted by Crippen LogP contribution is 2.38. The van der Waals surface area contributed by atoms with E-state index in [-0.39, 0.29) is 0 Å². The Kier molecular flexibility index (Phi) is 4.26. The van der Waals surface area contributed by atoms with E-state index >= 15 is 0 Å². The van der Waals surface area contributed by atoms with E-state index in [0.29, 0.717) is 4.75 Å². The maximum atomic E-state index is 4.16. The van der Waals surface area contributed by atoms with E-state index in [1.54, 1.807) is 0 Å². The van der Waals surface area contributed by atoms with Crippen molar-refractivity contribution in [3.8, 4) is 0 Å². The van der Waals surface area contributed by atoms with E-state index in [1.165, 1.54) is 32.1 Å². The lowest BCUT2D eigenvalue weighted by molar-refractivity contribution is 0.411. The summed E-state index contributed by atoms with van der Waals surface area (Å²) in [6.45, 7) is 2.97. The van der Waals surface area contributed by atoms with Crippen LogP contribution in [-0.4, -0.2) is 27.7 Å². The molecule has 1 aromatic rings. The number of aryl methyl sites for hydroxylation is 1. The molecule has 1 aliphatic carbocycles. The third-order valence-electron chi connectivity index (χ3n) is 3.59. The molecule has 0 aromatic carbocycles. The Morgan fingerprint density at radius 3 is 2.59 bits per heavy atom. The van der Waals surface area contributed by atoms with E-state index in [2.05, 4.69) is 21.8 Å². The van der Waals surface area contributed by atoms with Gasteiger partial charge in [0, 0.05) is 11.3 Å². The normalized spacial score (nSPS) is 18.9. The Hall–Kier alpha value is -0.770. The van der Waals surface area contributed by atoms with Crippen molar-refractivity contribution in [1.29, 1.82) is 0 Å². The fourth-order valence-corrected chi connectivity index (χ4v) is 3.31. The highest BCUT2D eigenvalue weighted by Gasteiger charge is 2.30. The van der Waals surface area contributed by atoms with Crippen LogP contribution in [-0.2, 0) is 0 Å². The molecular weight excluding hydrogens is 230 g/mol. The van der Waals surface area contributed by atoms with Crippen LogP contribution in [0.3, 0.4) is 0 Å². The molecule has 3 nitrogen and oxygen atoms in total. The molecule has 17 heavy (non-hydrogen) atoms. The van der Waals surface area contributed by atoms with Crippen molar-refractivity contribution in [3.05, 3.63) is 17.8 Å². The summed E-state index contributed by atoms with van der Waals surface area (Å²) in [7, 11) is 0. The Labute approximate surface area is 108 Å². The molecule has 0 amide bonds. The molecule has 0 atom stereocenters. The van der Waals surface area contributed by atoms with Gasteiger partial charge in [0.15, 0.2) is 0 Å². The Morgan fingerprint density at radius 2 is 2.00 bits per heavy atom. The lowest BCUT2D eigenvalue weighted by Crippen LogP contribution is -2.35. The third-order valence-corrected chi connectivity index (χ3v) is 5.01. The topological polar surface area (TPSA) is 37.8 Å². The summed E-state index contributed by atoms with van der Waals surface area (Å²) >= 11 is 2.00. The number of anilines is 1. The molecule has 4 heteroatoms. The van der Waals surface area contributed by atoms with Gasteiger partial charge in [0.25, 0.3) is 0 Å². The first kappa shape index (κ1) is 12.7. The summed E-state index contributed by atoms with van der Waals surface area (Å²) in [5.74, 6) is 0.898. The first-order chi connectivity index (χ1) is 8.24. The van der Waals surface area contributed by atoms with Gasteiger partial charge in [-0.05, 0) is 38.2 Å². The molecule has 1 fully saturated rings. The molecule has 94 valence electrons. The Bertz CT molecular complexity index is 344. The zero-order valence-electron chi connectivity index (χ0n) is 10.7. The van der Waals surface area contributed by atoms with Crippen molar-refractivity contribution in [2.24, 2.45) is 0 Å². The van der Waals surface area contributed by atoms with E-state index in [0.717, 1.165) is 18.1 Å². The molecule has 0 radical (unpaired) electrons. The van der Waals surface area contributed by atoms with Crippen LogP contribution in [0.15, 0.2) is 12.1 Å². The molecule has 1 aromatic heterocycles. The molecule has 1 heterocycles. The second kappa shape index (κ2) is 5.71. The minimum absolute atomic E-state index is 0.408. The lowest BCUT2D eigenvalue weighted by Gasteiger charge is -2.35. The van der Waals surface area contributed by atoms with Gasteiger partial charge >= 0.3 is 0 Å². The van der Waals surface area contributed by atoms with Gasteiger partial charge in [-0.25, -0.2) is 0 Å². The summed E-state index contributed by atoms with van der Waals surface area (Å²) < 4.78 is 0.408. The van der Waals surface area contributed by atoms with E-state index in [4.69, 9.17) is 0 Å². The van der Waals surface area contributed by atoms with Crippen molar-refractivity contribution in [1.82, 2.24) is 10.2 Å². The average Bonchev–Trinajstić information content (AvgIpc) is 2.39. The summed E-state index contributed by atoms with van der Waals surface area (Å²) in [5.41, 5.74) is 0.966. The SMILES string of the molecule is CSC1(CNc2ccc(C)nn2)CCCCC1. The van der Waals surface area contributed by atoms with Crippen LogP contribution in [0, 0.1) is 6.92 Å². The average molecular weight is 251 g/mol. The van der Waals surface area contributed by atoms with Crippen molar-refractivity contribution >= 4 is 17.6 Å². The smallest absolute Gasteiger partial charge is 0.148 e. The molecule has 0 bridgehead atoms. The van der Waals surface area contributed by atoms with Crippen molar-refractivity contribution in [3.63, 3.8) is 0 Å². The Morgan fingerprint density at radius 1 is 1.24 bits per heavy atom. The largest absolute Gasteiger partial charge is 0.367 e. The van der Waals surface area contributed by atoms with Gasteiger partial charge < -0.3 is 5.32 Å². The monoisotopic (exact) mass is 251 g/mol. The summed E-state index contributed by atoms with van der Waals surface area (Å²) in [5, 5.41) is 11.7. The third kappa shape index (κ3) is 3.35. The number of hydrogen-bond acceptors (Lipinski definition) is 4. The van der Waals surface area contributed by atoms with Crippen LogP contribution in [0.1, 0.15) is 37.8 Å². The molecule has 1 N–H and O–H groups in total. The number of nitrogens with one attached hydrogen (secondary N) is 1. The summed E-state index contributed by atoms with van der Waals surface area (Å²) in [4.78, 5) is 0. The summed E-state index contributed by atoms with van der Waals surface area (Å²) in [6, 6.07) is 4.02. The number of aromatic nitrogens is 2. The molecular formula is C13H21N3S. The van der Waals surface area contributed by atoms with Crippen LogP contribution >= 0.6 is 11.8 Å². The molecule has 2 rings (SSSR count). The zero-order valence-corrected chi connectivity index (χ0v) is 11.5. The van der Waals surface area contributed by atoms with Gasteiger partial charge in [-0.3, -0.25) is 0 Å². The van der Waals surface area contributed by atoms with Crippen molar-refractivity contribution < 1.29 is 0 Å². The van der Waals surface area contributed by atoms with Crippen LogP contribution < -0.4 is 5.32 Å². The molecule has 0 spiro atoms. The first-order valence-corrected chi connectivity index (χ1v) is 7.56. The minimum atomic E-state index is 0.408. The second-order valence-corrected chi connectivity index (χ2v) is 6.14. The van der Waals surface area contributed by atoms with Gasteiger partial charge in [0.1, 0.15) is 5.82 Å². The van der Waals surface area contributed by atoms with Gasteiger partial charge in [-0.15, -0.1) is 5.10 Å². The van der Waals surface area contributed by atoms with Crippen molar-refractivity contribution in [2.45, 2.75) is 43.8 Å². The fraction of sp³-hybridized carbons (Fsp3) is 0.692. The molecule has 1 aliphatic rings. The standard InChI is InChI=1S/C13H21N3S/c1-11-6-7-12(16-15-11)14-10-13(17-2)8-4-3-5-9-13/h6-7H,3-5,8-10H2,1-2H3,(H,14,16). The second-order valence-electron chi connectivity index (χ2n) is 4.86. The predicted octanol–water partition coefficient (Wildman–Crippen LogP) is 3.26. The van der Waals surface area contributed by atoms with Gasteiger partial charge in [0.2, 0.25) is 0 Å². The maximum Gasteiger partial charge on any atom is 0.148 e. The number of nitrogens with zero attached hydrogens (tertiary/aromatic N) is 2. The number of thioether (sulfide) groups is 1. The molecule has 0 aliphatic heterocycles. The molecule has 0 unspecified atom stereocenters. The van der Waals surface area contributed by atoms with Crippen LogP contribution in [0.2, 0.25) is 0 Å². The van der Waals surface area contributed by atoms with Crippen LogP contribution in [0.25, 0.3) is 0 Å². The molecule has 0 saturated heterocycles. The highest BCUT2D eigenvalue weighted by atomic mass is 32.2. The van der Waals surface area contributed by atoms with Crippen LogP contribution in [0.4, 0.5) is 5.82 Å². The van der Waals surface area contributed by atoms with E-state index < -0.39 is 0 Å². The minimum Gasteiger partial charge on any atom is -0.367 e. The summed E-state index contributed by atoms with van der Waals surface area (Å²) in [6.07, 6.45) is 8.99. The lowest BCUT2D eigenvalue weighted by atomic mass is 9.88. The van der Waals surface area contributed by atoms with E-state index in [9.17, 15) is 0 Å². The quantitative estimate of drug-likeness (QED) is 0.891. The highest BCUT2D eigenvalue weighted by molar-refractivity contribution is 8.00. The van der Waals surface area contributed by atoms with Gasteiger partial charge in [-0.2, -0.15) is 16.9 Å². The fourth-order valence-electron chi connectivity index (χ4n) is 2.39. The predicted molar refractivity (Wildman–Crippen MR) is 74.6 cm³/mol. The number of hydrogen-bond donors (Lipinski definition) is 1. The number of rotatable bonds is 4. The van der Waals surface area contributed by atoms with E-state index in [1.807, 2.05) is 30.8 Å². The zero-order chi connectivity index (χ0) is 12.1. The first-order valence-electron chi connectivity index (χ1n) is 6.33. The van der Waals surface area contributed by atoms with Crippen molar-refractivity contribution in [2.75, 3.05) is 18.1 Å².